The molecule has 0 aromatic rings. The van der Waals surface area contributed by atoms with E-state index in [1.54, 1.807) is 6.92 Å². The topological polar surface area (TPSA) is 61.7 Å². The van der Waals surface area contributed by atoms with Crippen LogP contribution in [0.25, 0.3) is 0 Å². The fraction of sp³-hybridized carbons (Fsp3) is 1.00. The molecule has 1 unspecified atom stereocenters. The number of aliphatic hydroxyl groups is 2. The van der Waals surface area contributed by atoms with Crippen molar-refractivity contribution in [3.05, 3.63) is 0 Å². The van der Waals surface area contributed by atoms with Crippen LogP contribution in [0.2, 0.25) is 0 Å². The van der Waals surface area contributed by atoms with E-state index in [4.69, 9.17) is 9.84 Å². The Labute approximate surface area is 79.9 Å². The molecule has 0 fully saturated rings. The normalized spacial score (nSPS) is 15.7. The molecule has 0 bridgehead atoms. The summed E-state index contributed by atoms with van der Waals surface area (Å²) < 4.78 is 5.04. The third-order valence-corrected chi connectivity index (χ3v) is 1.93. The molecule has 13 heavy (non-hydrogen) atoms. The molecule has 0 aliphatic rings. The number of nitrogens with one attached hydrogen (secondary N) is 1. The summed E-state index contributed by atoms with van der Waals surface area (Å²) in [5.74, 6) is 0. The summed E-state index contributed by atoms with van der Waals surface area (Å²) in [6.07, 6.45) is 0.734. The molecule has 0 saturated heterocycles. The Morgan fingerprint density at radius 3 is 2.62 bits per heavy atom. The van der Waals surface area contributed by atoms with E-state index in [1.807, 2.05) is 6.92 Å². The van der Waals surface area contributed by atoms with E-state index in [2.05, 4.69) is 5.32 Å². The van der Waals surface area contributed by atoms with Crippen LogP contribution in [0.5, 0.6) is 0 Å². The summed E-state index contributed by atoms with van der Waals surface area (Å²) in [5, 5.41) is 21.1. The second-order valence-electron chi connectivity index (χ2n) is 3.36. The molecule has 0 rings (SSSR count). The van der Waals surface area contributed by atoms with Gasteiger partial charge in [0.25, 0.3) is 0 Å². The van der Waals surface area contributed by atoms with Crippen molar-refractivity contribution < 1.29 is 14.9 Å². The van der Waals surface area contributed by atoms with Gasteiger partial charge in [-0.25, -0.2) is 0 Å². The highest BCUT2D eigenvalue weighted by molar-refractivity contribution is 4.72. The van der Waals surface area contributed by atoms with Gasteiger partial charge in [-0.2, -0.15) is 0 Å². The number of rotatable bonds is 8. The second kappa shape index (κ2) is 7.26. The monoisotopic (exact) mass is 191 g/mol. The molecule has 0 aliphatic heterocycles. The Kier molecular flexibility index (Phi) is 7.17. The van der Waals surface area contributed by atoms with Gasteiger partial charge in [-0.15, -0.1) is 0 Å². The van der Waals surface area contributed by atoms with Gasteiger partial charge in [0.2, 0.25) is 0 Å². The molecular weight excluding hydrogens is 170 g/mol. The van der Waals surface area contributed by atoms with E-state index in [-0.39, 0.29) is 6.61 Å². The molecule has 3 N–H and O–H groups in total. The lowest BCUT2D eigenvalue weighted by atomic mass is 10.0. The highest BCUT2D eigenvalue weighted by atomic mass is 16.5. The third-order valence-electron chi connectivity index (χ3n) is 1.93. The lowest BCUT2D eigenvalue weighted by Crippen LogP contribution is -2.38. The Bertz CT molecular complexity index is 117. The first kappa shape index (κ1) is 12.8. The number of ether oxygens (including phenoxy) is 1. The predicted octanol–water partition coefficient (Wildman–Crippen LogP) is -0.254. The van der Waals surface area contributed by atoms with Crippen LogP contribution in [-0.2, 0) is 4.74 Å². The molecule has 0 saturated carbocycles. The summed E-state index contributed by atoms with van der Waals surface area (Å²) in [4.78, 5) is 0. The van der Waals surface area contributed by atoms with Gasteiger partial charge in [-0.3, -0.25) is 0 Å². The zero-order valence-corrected chi connectivity index (χ0v) is 8.55. The molecule has 4 nitrogen and oxygen atoms in total. The minimum absolute atomic E-state index is 0.0622. The second-order valence-corrected chi connectivity index (χ2v) is 3.36. The minimum Gasteiger partial charge on any atom is -0.394 e. The van der Waals surface area contributed by atoms with Crippen LogP contribution >= 0.6 is 0 Å². The van der Waals surface area contributed by atoms with E-state index in [1.165, 1.54) is 0 Å². The molecule has 0 heterocycles. The molecular formula is C9H21NO3. The maximum absolute atomic E-state index is 9.58. The molecule has 0 aromatic heterocycles. The highest BCUT2D eigenvalue weighted by Crippen LogP contribution is 2.05. The minimum atomic E-state index is -0.628. The van der Waals surface area contributed by atoms with Crippen LogP contribution < -0.4 is 5.32 Å². The van der Waals surface area contributed by atoms with Crippen LogP contribution in [0.3, 0.4) is 0 Å². The first-order chi connectivity index (χ1) is 6.12. The van der Waals surface area contributed by atoms with Crippen LogP contribution in [0, 0.1) is 0 Å². The van der Waals surface area contributed by atoms with Crippen molar-refractivity contribution in [3.63, 3.8) is 0 Å². The van der Waals surface area contributed by atoms with Gasteiger partial charge in [0.1, 0.15) is 0 Å². The van der Waals surface area contributed by atoms with Crippen molar-refractivity contribution in [3.8, 4) is 0 Å². The fourth-order valence-corrected chi connectivity index (χ4v) is 0.794. The number of hydrogen-bond acceptors (Lipinski definition) is 4. The first-order valence-electron chi connectivity index (χ1n) is 4.74. The Morgan fingerprint density at radius 2 is 2.08 bits per heavy atom. The third kappa shape index (κ3) is 8.18. The van der Waals surface area contributed by atoms with E-state index in [0.717, 1.165) is 6.42 Å². The van der Waals surface area contributed by atoms with Gasteiger partial charge >= 0.3 is 0 Å². The van der Waals surface area contributed by atoms with Crippen molar-refractivity contribution in [2.75, 3.05) is 32.9 Å². The van der Waals surface area contributed by atoms with Crippen molar-refractivity contribution in [1.29, 1.82) is 0 Å². The quantitative estimate of drug-likeness (QED) is 0.463. The maximum atomic E-state index is 9.58. The van der Waals surface area contributed by atoms with E-state index >= 15 is 0 Å². The molecule has 1 atom stereocenters. The van der Waals surface area contributed by atoms with Crippen LogP contribution in [0.4, 0.5) is 0 Å². The molecule has 0 radical (unpaired) electrons. The Balaban J connectivity index is 3.16. The lowest BCUT2D eigenvalue weighted by Gasteiger charge is -2.21. The summed E-state index contributed by atoms with van der Waals surface area (Å²) in [6.45, 7) is 6.04. The molecule has 0 aliphatic carbocycles. The zero-order valence-electron chi connectivity index (χ0n) is 8.55. The average molecular weight is 191 g/mol. The van der Waals surface area contributed by atoms with Crippen molar-refractivity contribution in [2.24, 2.45) is 0 Å². The molecule has 0 aromatic carbocycles. The summed E-state index contributed by atoms with van der Waals surface area (Å²) in [5.41, 5.74) is -0.628. The lowest BCUT2D eigenvalue weighted by molar-refractivity contribution is 0.0501. The standard InChI is InChI=1S/C9H21NO3/c1-3-9(2,12)8-10-4-6-13-7-5-11/h10-12H,3-8H2,1-2H3. The zero-order chi connectivity index (χ0) is 10.2. The van der Waals surface area contributed by atoms with Crippen molar-refractivity contribution in [1.82, 2.24) is 5.32 Å². The number of hydrogen-bond donors (Lipinski definition) is 3. The van der Waals surface area contributed by atoms with Crippen molar-refractivity contribution >= 4 is 0 Å². The highest BCUT2D eigenvalue weighted by Gasteiger charge is 2.15. The summed E-state index contributed by atoms with van der Waals surface area (Å²) in [7, 11) is 0. The summed E-state index contributed by atoms with van der Waals surface area (Å²) >= 11 is 0. The fourth-order valence-electron chi connectivity index (χ4n) is 0.794. The van der Waals surface area contributed by atoms with Gasteiger partial charge in [0, 0.05) is 13.1 Å². The largest absolute Gasteiger partial charge is 0.394 e. The molecule has 0 spiro atoms. The Hall–Kier alpha value is -0.160. The van der Waals surface area contributed by atoms with E-state index < -0.39 is 5.60 Å². The van der Waals surface area contributed by atoms with Crippen LogP contribution in [0.1, 0.15) is 20.3 Å². The molecule has 80 valence electrons. The maximum Gasteiger partial charge on any atom is 0.0741 e. The average Bonchev–Trinajstić information content (AvgIpc) is 2.11. The van der Waals surface area contributed by atoms with Gasteiger partial charge in [-0.05, 0) is 13.3 Å². The van der Waals surface area contributed by atoms with Gasteiger partial charge in [-0.1, -0.05) is 6.92 Å². The van der Waals surface area contributed by atoms with Gasteiger partial charge in [0.15, 0.2) is 0 Å². The Morgan fingerprint density at radius 1 is 1.38 bits per heavy atom. The van der Waals surface area contributed by atoms with Gasteiger partial charge in [0.05, 0.1) is 25.4 Å². The SMILES string of the molecule is CCC(C)(O)CNCCOCCO. The van der Waals surface area contributed by atoms with Crippen LogP contribution in [-0.4, -0.2) is 48.7 Å². The first-order valence-corrected chi connectivity index (χ1v) is 4.74. The number of aliphatic hydroxyl groups excluding tert-OH is 1. The van der Waals surface area contributed by atoms with E-state index in [0.29, 0.717) is 26.3 Å². The molecule has 4 heteroatoms. The predicted molar refractivity (Wildman–Crippen MR) is 51.7 cm³/mol. The van der Waals surface area contributed by atoms with Crippen LogP contribution in [0.15, 0.2) is 0 Å². The summed E-state index contributed by atoms with van der Waals surface area (Å²) in [6, 6.07) is 0. The van der Waals surface area contributed by atoms with Crippen molar-refractivity contribution in [2.45, 2.75) is 25.9 Å². The van der Waals surface area contributed by atoms with Gasteiger partial charge < -0.3 is 20.3 Å². The smallest absolute Gasteiger partial charge is 0.0741 e. The van der Waals surface area contributed by atoms with E-state index in [9.17, 15) is 5.11 Å². The molecule has 0 amide bonds.